The van der Waals surface area contributed by atoms with Crippen LogP contribution in [0.2, 0.25) is 0 Å². The molecule has 2 aliphatic rings. The largest absolute Gasteiger partial charge is 0.398 e. The molecule has 1 aromatic rings. The molecule has 0 unspecified atom stereocenters. The summed E-state index contributed by atoms with van der Waals surface area (Å²) >= 11 is 0. The Kier molecular flexibility index (Phi) is 3.57. The molecule has 1 aliphatic carbocycles. The van der Waals surface area contributed by atoms with Crippen LogP contribution in [0.15, 0.2) is 18.2 Å². The van der Waals surface area contributed by atoms with E-state index < -0.39 is 0 Å². The van der Waals surface area contributed by atoms with E-state index in [0.717, 1.165) is 18.4 Å². The summed E-state index contributed by atoms with van der Waals surface area (Å²) in [6.07, 6.45) is 2.05. The molecule has 5 nitrogen and oxygen atoms in total. The van der Waals surface area contributed by atoms with Crippen molar-refractivity contribution in [1.82, 2.24) is 9.80 Å². The lowest BCUT2D eigenvalue weighted by molar-refractivity contribution is -0.134. The standard InChI is InChI=1S/C16H21N3O2/c1-11-3-2-4-13(17)14(11)16(21)19-9-7-18(8-10-19)15(20)12-5-6-12/h2-4,12H,5-10,17H2,1H3. The van der Waals surface area contributed by atoms with Crippen molar-refractivity contribution in [1.29, 1.82) is 0 Å². The molecular weight excluding hydrogens is 266 g/mol. The highest BCUT2D eigenvalue weighted by molar-refractivity contribution is 6.00. The van der Waals surface area contributed by atoms with Gasteiger partial charge < -0.3 is 15.5 Å². The van der Waals surface area contributed by atoms with Gasteiger partial charge in [0.2, 0.25) is 5.91 Å². The van der Waals surface area contributed by atoms with Crippen molar-refractivity contribution >= 4 is 17.5 Å². The van der Waals surface area contributed by atoms with Gasteiger partial charge in [0.05, 0.1) is 5.56 Å². The Morgan fingerprint density at radius 3 is 2.29 bits per heavy atom. The Balaban J connectivity index is 1.66. The molecule has 0 atom stereocenters. The third-order valence-corrected chi connectivity index (χ3v) is 4.32. The molecular formula is C16H21N3O2. The summed E-state index contributed by atoms with van der Waals surface area (Å²) in [7, 11) is 0. The van der Waals surface area contributed by atoms with Gasteiger partial charge in [-0.15, -0.1) is 0 Å². The summed E-state index contributed by atoms with van der Waals surface area (Å²) in [6, 6.07) is 5.51. The molecule has 112 valence electrons. The highest BCUT2D eigenvalue weighted by Crippen LogP contribution is 2.31. The zero-order chi connectivity index (χ0) is 15.0. The number of amides is 2. The van der Waals surface area contributed by atoms with Gasteiger partial charge in [0.1, 0.15) is 0 Å². The van der Waals surface area contributed by atoms with Crippen LogP contribution in [0, 0.1) is 12.8 Å². The molecule has 0 aromatic heterocycles. The number of piperazine rings is 1. The predicted octanol–water partition coefficient (Wildman–Crippen LogP) is 1.27. The zero-order valence-corrected chi connectivity index (χ0v) is 12.3. The Bertz CT molecular complexity index is 553. The van der Waals surface area contributed by atoms with Crippen molar-refractivity contribution in [2.45, 2.75) is 19.8 Å². The Morgan fingerprint density at radius 2 is 1.71 bits per heavy atom. The van der Waals surface area contributed by atoms with Gasteiger partial charge in [0, 0.05) is 37.8 Å². The summed E-state index contributed by atoms with van der Waals surface area (Å²) in [6.45, 7) is 4.34. The van der Waals surface area contributed by atoms with Crippen LogP contribution in [-0.2, 0) is 4.79 Å². The van der Waals surface area contributed by atoms with Gasteiger partial charge in [-0.05, 0) is 31.4 Å². The van der Waals surface area contributed by atoms with Crippen molar-refractivity contribution in [3.63, 3.8) is 0 Å². The lowest BCUT2D eigenvalue weighted by Crippen LogP contribution is -2.51. The molecule has 2 N–H and O–H groups in total. The second-order valence-corrected chi connectivity index (χ2v) is 5.93. The van der Waals surface area contributed by atoms with Gasteiger partial charge in [-0.3, -0.25) is 9.59 Å². The number of nitrogens with two attached hydrogens (primary N) is 1. The van der Waals surface area contributed by atoms with Gasteiger partial charge in [-0.25, -0.2) is 0 Å². The van der Waals surface area contributed by atoms with E-state index in [-0.39, 0.29) is 17.7 Å². The maximum absolute atomic E-state index is 12.6. The Hall–Kier alpha value is -2.04. The van der Waals surface area contributed by atoms with Crippen molar-refractivity contribution in [3.8, 4) is 0 Å². The number of nitrogens with zero attached hydrogens (tertiary/aromatic N) is 2. The van der Waals surface area contributed by atoms with E-state index in [1.54, 1.807) is 11.0 Å². The second-order valence-electron chi connectivity index (χ2n) is 5.93. The fourth-order valence-electron chi connectivity index (χ4n) is 2.86. The fraction of sp³-hybridized carbons (Fsp3) is 0.500. The molecule has 1 aliphatic heterocycles. The molecule has 3 rings (SSSR count). The van der Waals surface area contributed by atoms with Crippen molar-refractivity contribution in [2.75, 3.05) is 31.9 Å². The third kappa shape index (κ3) is 2.73. The number of anilines is 1. The minimum atomic E-state index is -0.0240. The van der Waals surface area contributed by atoms with E-state index in [9.17, 15) is 9.59 Å². The van der Waals surface area contributed by atoms with Crippen molar-refractivity contribution < 1.29 is 9.59 Å². The third-order valence-electron chi connectivity index (χ3n) is 4.32. The Morgan fingerprint density at radius 1 is 1.10 bits per heavy atom. The molecule has 0 bridgehead atoms. The number of carbonyl (C=O) groups is 2. The smallest absolute Gasteiger partial charge is 0.256 e. The number of hydrogen-bond donors (Lipinski definition) is 1. The first-order valence-corrected chi connectivity index (χ1v) is 7.51. The Labute approximate surface area is 124 Å². The first kappa shape index (κ1) is 13.9. The molecule has 1 saturated carbocycles. The second kappa shape index (κ2) is 5.39. The number of hydrogen-bond acceptors (Lipinski definition) is 3. The SMILES string of the molecule is Cc1cccc(N)c1C(=O)N1CCN(C(=O)C2CC2)CC1. The molecule has 0 radical (unpaired) electrons. The van der Waals surface area contributed by atoms with E-state index >= 15 is 0 Å². The van der Waals surface area contributed by atoms with Gasteiger partial charge in [0.15, 0.2) is 0 Å². The van der Waals surface area contributed by atoms with E-state index in [1.807, 2.05) is 24.0 Å². The lowest BCUT2D eigenvalue weighted by Gasteiger charge is -2.35. The first-order chi connectivity index (χ1) is 10.1. The van der Waals surface area contributed by atoms with Gasteiger partial charge in [-0.1, -0.05) is 12.1 Å². The first-order valence-electron chi connectivity index (χ1n) is 7.51. The van der Waals surface area contributed by atoms with Crippen LogP contribution in [0.5, 0.6) is 0 Å². The van der Waals surface area contributed by atoms with Gasteiger partial charge in [-0.2, -0.15) is 0 Å². The highest BCUT2D eigenvalue weighted by Gasteiger charge is 2.35. The average Bonchev–Trinajstić information content (AvgIpc) is 3.31. The minimum absolute atomic E-state index is 0.0240. The van der Waals surface area contributed by atoms with Gasteiger partial charge >= 0.3 is 0 Å². The molecule has 1 heterocycles. The van der Waals surface area contributed by atoms with E-state index in [2.05, 4.69) is 0 Å². The lowest BCUT2D eigenvalue weighted by atomic mass is 10.0. The summed E-state index contributed by atoms with van der Waals surface area (Å²) in [4.78, 5) is 28.3. The molecule has 1 saturated heterocycles. The summed E-state index contributed by atoms with van der Waals surface area (Å²) < 4.78 is 0. The van der Waals surface area contributed by atoms with E-state index in [1.165, 1.54) is 0 Å². The van der Waals surface area contributed by atoms with Crippen LogP contribution in [-0.4, -0.2) is 47.8 Å². The summed E-state index contributed by atoms with van der Waals surface area (Å²) in [5.41, 5.74) is 7.96. The van der Waals surface area contributed by atoms with Gasteiger partial charge in [0.25, 0.3) is 5.91 Å². The van der Waals surface area contributed by atoms with E-state index in [4.69, 9.17) is 5.73 Å². The quantitative estimate of drug-likeness (QED) is 0.833. The van der Waals surface area contributed by atoms with E-state index in [0.29, 0.717) is 37.4 Å². The van der Waals surface area contributed by atoms with Crippen LogP contribution in [0.25, 0.3) is 0 Å². The fourth-order valence-corrected chi connectivity index (χ4v) is 2.86. The zero-order valence-electron chi connectivity index (χ0n) is 12.3. The number of nitrogen functional groups attached to an aromatic ring is 1. The highest BCUT2D eigenvalue weighted by atomic mass is 16.2. The molecule has 21 heavy (non-hydrogen) atoms. The molecule has 0 spiro atoms. The average molecular weight is 287 g/mol. The van der Waals surface area contributed by atoms with Crippen molar-refractivity contribution in [3.05, 3.63) is 29.3 Å². The molecule has 2 amide bonds. The maximum Gasteiger partial charge on any atom is 0.256 e. The number of aryl methyl sites for hydroxylation is 1. The van der Waals surface area contributed by atoms with Crippen LogP contribution in [0.4, 0.5) is 5.69 Å². The van der Waals surface area contributed by atoms with Crippen LogP contribution < -0.4 is 5.73 Å². The summed E-state index contributed by atoms with van der Waals surface area (Å²) in [5.74, 6) is 0.487. The predicted molar refractivity (Wildman–Crippen MR) is 80.8 cm³/mol. The number of rotatable bonds is 2. The van der Waals surface area contributed by atoms with Crippen molar-refractivity contribution in [2.24, 2.45) is 5.92 Å². The molecule has 5 heteroatoms. The monoisotopic (exact) mass is 287 g/mol. The van der Waals surface area contributed by atoms with Crippen LogP contribution >= 0.6 is 0 Å². The topological polar surface area (TPSA) is 66.6 Å². The maximum atomic E-state index is 12.6. The van der Waals surface area contributed by atoms with Crippen LogP contribution in [0.1, 0.15) is 28.8 Å². The number of carbonyl (C=O) groups excluding carboxylic acids is 2. The molecule has 1 aromatic carbocycles. The normalized spacial score (nSPS) is 18.7. The van der Waals surface area contributed by atoms with Crippen LogP contribution in [0.3, 0.4) is 0 Å². The number of benzene rings is 1. The summed E-state index contributed by atoms with van der Waals surface area (Å²) in [5, 5.41) is 0. The minimum Gasteiger partial charge on any atom is -0.398 e. The molecule has 2 fully saturated rings.